The third kappa shape index (κ3) is 5.17. The average molecular weight is 300 g/mol. The summed E-state index contributed by atoms with van der Waals surface area (Å²) in [5.74, 6) is 0. The number of hydrogen-bond donors (Lipinski definition) is 3. The lowest BCUT2D eigenvalue weighted by atomic mass is 10.1. The summed E-state index contributed by atoms with van der Waals surface area (Å²) in [7, 11) is 4.25. The van der Waals surface area contributed by atoms with E-state index in [0.717, 1.165) is 18.8 Å². The molecule has 0 aliphatic heterocycles. The molecule has 0 aromatic heterocycles. The van der Waals surface area contributed by atoms with E-state index in [9.17, 15) is 0 Å². The Morgan fingerprint density at radius 2 is 1.57 bits per heavy atom. The van der Waals surface area contributed by atoms with E-state index in [1.807, 2.05) is 30.3 Å². The Labute approximate surface area is 132 Å². The van der Waals surface area contributed by atoms with Gasteiger partial charge in [0.2, 0.25) is 0 Å². The fourth-order valence-corrected chi connectivity index (χ4v) is 2.20. The first-order valence-corrected chi connectivity index (χ1v) is 7.55. The van der Waals surface area contributed by atoms with Gasteiger partial charge in [-0.05, 0) is 35.5 Å². The maximum absolute atomic E-state index is 5.28. The van der Waals surface area contributed by atoms with E-state index in [1.165, 1.54) is 16.0 Å². The molecular weight excluding hydrogens is 278 g/mol. The molecular formula is C17H22N3S+. The van der Waals surface area contributed by atoms with Gasteiger partial charge in [0.1, 0.15) is 0 Å². The fourth-order valence-electron chi connectivity index (χ4n) is 1.98. The van der Waals surface area contributed by atoms with E-state index in [4.69, 9.17) is 12.2 Å². The molecule has 0 fully saturated rings. The van der Waals surface area contributed by atoms with Crippen LogP contribution in [0.3, 0.4) is 0 Å². The van der Waals surface area contributed by atoms with Gasteiger partial charge < -0.3 is 15.5 Å². The zero-order valence-electron chi connectivity index (χ0n) is 12.5. The molecule has 0 aliphatic carbocycles. The van der Waals surface area contributed by atoms with Crippen molar-refractivity contribution < 1.29 is 4.90 Å². The van der Waals surface area contributed by atoms with Gasteiger partial charge in [0.25, 0.3) is 0 Å². The van der Waals surface area contributed by atoms with Gasteiger partial charge in [0, 0.05) is 5.69 Å². The fraction of sp³-hybridized carbons (Fsp3) is 0.235. The topological polar surface area (TPSA) is 28.5 Å². The zero-order valence-corrected chi connectivity index (χ0v) is 13.3. The maximum atomic E-state index is 5.28. The molecule has 4 heteroatoms. The zero-order chi connectivity index (χ0) is 15.1. The third-order valence-corrected chi connectivity index (χ3v) is 3.41. The minimum absolute atomic E-state index is 0.670. The first-order chi connectivity index (χ1) is 10.1. The van der Waals surface area contributed by atoms with E-state index >= 15 is 0 Å². The molecule has 2 aromatic rings. The van der Waals surface area contributed by atoms with Crippen molar-refractivity contribution in [2.45, 2.75) is 0 Å². The summed E-state index contributed by atoms with van der Waals surface area (Å²) in [6.45, 7) is 1.91. The monoisotopic (exact) mass is 300 g/mol. The number of anilines is 1. The van der Waals surface area contributed by atoms with Crippen molar-refractivity contribution in [3.8, 4) is 11.1 Å². The molecule has 0 heterocycles. The molecule has 3 nitrogen and oxygen atoms in total. The lowest BCUT2D eigenvalue weighted by Crippen LogP contribution is -3.06. The minimum atomic E-state index is 0.670. The van der Waals surface area contributed by atoms with Crippen LogP contribution in [0, 0.1) is 0 Å². The Kier molecular flexibility index (Phi) is 5.72. The van der Waals surface area contributed by atoms with E-state index in [1.54, 1.807) is 0 Å². The Balaban J connectivity index is 1.89. The molecule has 0 aliphatic rings. The minimum Gasteiger partial charge on any atom is -0.357 e. The van der Waals surface area contributed by atoms with Gasteiger partial charge in [-0.1, -0.05) is 42.5 Å². The van der Waals surface area contributed by atoms with Crippen LogP contribution < -0.4 is 15.5 Å². The summed E-state index contributed by atoms with van der Waals surface area (Å²) in [4.78, 5) is 1.40. The molecule has 0 spiro atoms. The van der Waals surface area contributed by atoms with Crippen LogP contribution in [0.4, 0.5) is 5.69 Å². The van der Waals surface area contributed by atoms with Crippen LogP contribution in [0.25, 0.3) is 11.1 Å². The Morgan fingerprint density at radius 1 is 0.952 bits per heavy atom. The highest BCUT2D eigenvalue weighted by molar-refractivity contribution is 7.80. The summed E-state index contributed by atoms with van der Waals surface area (Å²) in [6, 6.07) is 18.6. The first-order valence-electron chi connectivity index (χ1n) is 7.14. The number of nitrogens with one attached hydrogen (secondary N) is 3. The highest BCUT2D eigenvalue weighted by Crippen LogP contribution is 2.20. The van der Waals surface area contributed by atoms with Crippen LogP contribution >= 0.6 is 12.2 Å². The third-order valence-electron chi connectivity index (χ3n) is 3.16. The van der Waals surface area contributed by atoms with Crippen molar-refractivity contribution in [2.24, 2.45) is 0 Å². The molecule has 2 aromatic carbocycles. The van der Waals surface area contributed by atoms with E-state index in [0.29, 0.717) is 5.11 Å². The van der Waals surface area contributed by atoms with Gasteiger partial charge in [0.05, 0.1) is 27.2 Å². The predicted octanol–water partition coefficient (Wildman–Crippen LogP) is 1.78. The number of quaternary nitrogens is 1. The standard InChI is InChI=1S/C17H21N3S/c1-20(2)13-12-18-17(21)19-16-10-8-15(9-11-16)14-6-4-3-5-7-14/h3-11H,12-13H2,1-2H3,(H2,18,19,21)/p+1. The largest absolute Gasteiger partial charge is 0.357 e. The molecule has 0 saturated heterocycles. The van der Waals surface area contributed by atoms with Gasteiger partial charge in [-0.15, -0.1) is 0 Å². The average Bonchev–Trinajstić information content (AvgIpc) is 2.48. The first kappa shape index (κ1) is 15.5. The van der Waals surface area contributed by atoms with Crippen molar-refractivity contribution in [2.75, 3.05) is 32.5 Å². The Bertz CT molecular complexity index is 564. The quantitative estimate of drug-likeness (QED) is 0.735. The smallest absolute Gasteiger partial charge is 0.170 e. The van der Waals surface area contributed by atoms with Crippen molar-refractivity contribution in [3.63, 3.8) is 0 Å². The molecule has 3 N–H and O–H groups in total. The summed E-state index contributed by atoms with van der Waals surface area (Å²) in [5.41, 5.74) is 3.43. The predicted molar refractivity (Wildman–Crippen MR) is 93.8 cm³/mol. The molecule has 0 bridgehead atoms. The van der Waals surface area contributed by atoms with Crippen molar-refractivity contribution >= 4 is 23.0 Å². The Morgan fingerprint density at radius 3 is 2.19 bits per heavy atom. The molecule has 0 radical (unpaired) electrons. The number of likely N-dealkylation sites (N-methyl/N-ethyl adjacent to an activating group) is 1. The highest BCUT2D eigenvalue weighted by Gasteiger charge is 2.00. The number of rotatable bonds is 5. The van der Waals surface area contributed by atoms with Crippen LogP contribution in [0.5, 0.6) is 0 Å². The second kappa shape index (κ2) is 7.76. The van der Waals surface area contributed by atoms with Gasteiger partial charge in [-0.2, -0.15) is 0 Å². The summed E-state index contributed by atoms with van der Waals surface area (Å²) < 4.78 is 0. The van der Waals surface area contributed by atoms with E-state index in [2.05, 4.69) is 49.0 Å². The molecule has 2 rings (SSSR count). The summed E-state index contributed by atoms with van der Waals surface area (Å²) >= 11 is 5.28. The molecule has 0 atom stereocenters. The molecule has 110 valence electrons. The molecule has 21 heavy (non-hydrogen) atoms. The number of benzene rings is 2. The summed E-state index contributed by atoms with van der Waals surface area (Å²) in [6.07, 6.45) is 0. The van der Waals surface area contributed by atoms with Crippen molar-refractivity contribution in [3.05, 3.63) is 54.6 Å². The van der Waals surface area contributed by atoms with Gasteiger partial charge in [-0.3, -0.25) is 0 Å². The van der Waals surface area contributed by atoms with Crippen LogP contribution in [0.2, 0.25) is 0 Å². The van der Waals surface area contributed by atoms with Crippen LogP contribution in [0.15, 0.2) is 54.6 Å². The molecule has 0 saturated carbocycles. The van der Waals surface area contributed by atoms with E-state index < -0.39 is 0 Å². The van der Waals surface area contributed by atoms with Gasteiger partial charge in [0.15, 0.2) is 5.11 Å². The SMILES string of the molecule is C[NH+](C)CCNC(=S)Nc1ccc(-c2ccccc2)cc1. The molecule has 0 unspecified atom stereocenters. The summed E-state index contributed by atoms with van der Waals surface area (Å²) in [5, 5.41) is 7.08. The number of thiocarbonyl (C=S) groups is 1. The molecule has 0 amide bonds. The second-order valence-corrected chi connectivity index (χ2v) is 5.69. The second-order valence-electron chi connectivity index (χ2n) is 5.28. The lowest BCUT2D eigenvalue weighted by Gasteiger charge is -2.12. The van der Waals surface area contributed by atoms with Crippen LogP contribution in [-0.2, 0) is 0 Å². The number of hydrogen-bond acceptors (Lipinski definition) is 1. The van der Waals surface area contributed by atoms with Crippen LogP contribution in [-0.4, -0.2) is 32.3 Å². The van der Waals surface area contributed by atoms with Crippen molar-refractivity contribution in [1.82, 2.24) is 5.32 Å². The van der Waals surface area contributed by atoms with Gasteiger partial charge >= 0.3 is 0 Å². The van der Waals surface area contributed by atoms with Crippen LogP contribution in [0.1, 0.15) is 0 Å². The lowest BCUT2D eigenvalue weighted by molar-refractivity contribution is -0.856. The highest BCUT2D eigenvalue weighted by atomic mass is 32.1. The van der Waals surface area contributed by atoms with Crippen molar-refractivity contribution in [1.29, 1.82) is 0 Å². The maximum Gasteiger partial charge on any atom is 0.170 e. The van der Waals surface area contributed by atoms with Gasteiger partial charge in [-0.25, -0.2) is 0 Å². The normalized spacial score (nSPS) is 10.4. The Hall–Kier alpha value is -1.91. The van der Waals surface area contributed by atoms with E-state index in [-0.39, 0.29) is 0 Å².